The average molecular weight is 732 g/mol. The maximum Gasteiger partial charge on any atom is 0.326 e. The fraction of sp³-hybridized carbons (Fsp3) is 0.718. The molecule has 2 rings (SSSR count). The zero-order valence-corrected chi connectivity index (χ0v) is 33.2. The quantitative estimate of drug-likeness (QED) is 0.149. The van der Waals surface area contributed by atoms with E-state index in [0.717, 1.165) is 12.0 Å². The van der Waals surface area contributed by atoms with Crippen LogP contribution in [0.25, 0.3) is 0 Å². The molecule has 1 aliphatic heterocycles. The third kappa shape index (κ3) is 11.7. The van der Waals surface area contributed by atoms with Crippen molar-refractivity contribution < 1.29 is 38.6 Å². The summed E-state index contributed by atoms with van der Waals surface area (Å²) in [5.41, 5.74) is 0.785. The number of rotatable bonds is 21. The van der Waals surface area contributed by atoms with Crippen LogP contribution in [0.5, 0.6) is 0 Å². The van der Waals surface area contributed by atoms with Crippen LogP contribution >= 0.6 is 0 Å². The Morgan fingerprint density at radius 3 is 2.04 bits per heavy atom. The number of likely N-dealkylation sites (N-methyl/N-ethyl adjacent to an activating group) is 2. The van der Waals surface area contributed by atoms with Gasteiger partial charge in [0, 0.05) is 34.2 Å². The Bertz CT molecular complexity index is 1310. The van der Waals surface area contributed by atoms with Crippen LogP contribution in [0.2, 0.25) is 0 Å². The van der Waals surface area contributed by atoms with Crippen LogP contribution in [0.15, 0.2) is 30.3 Å². The normalized spacial score (nSPS) is 19.2. The molecule has 1 saturated heterocycles. The molecule has 0 saturated carbocycles. The summed E-state index contributed by atoms with van der Waals surface area (Å²) >= 11 is 0. The average Bonchev–Trinajstić information content (AvgIpc) is 3.59. The van der Waals surface area contributed by atoms with Gasteiger partial charge in [-0.2, -0.15) is 0 Å². The molecular weight excluding hydrogens is 666 g/mol. The second kappa shape index (κ2) is 21.2. The van der Waals surface area contributed by atoms with E-state index < -0.39 is 60.2 Å². The number of carboxylic acid groups (broad SMARTS) is 1. The summed E-state index contributed by atoms with van der Waals surface area (Å²) in [7, 11) is 6.46. The number of methoxy groups -OCH3 is 2. The van der Waals surface area contributed by atoms with Crippen molar-refractivity contribution in [1.82, 2.24) is 25.8 Å². The van der Waals surface area contributed by atoms with Crippen LogP contribution in [0.4, 0.5) is 0 Å². The van der Waals surface area contributed by atoms with Crippen molar-refractivity contribution >= 4 is 29.6 Å². The molecule has 0 radical (unpaired) electrons. The molecule has 4 amide bonds. The maximum atomic E-state index is 14.1. The molecule has 0 aliphatic carbocycles. The summed E-state index contributed by atoms with van der Waals surface area (Å²) in [6.45, 7) is 13.9. The van der Waals surface area contributed by atoms with Gasteiger partial charge in [-0.05, 0) is 43.2 Å². The molecule has 0 bridgehead atoms. The lowest BCUT2D eigenvalue weighted by Gasteiger charge is -2.41. The maximum absolute atomic E-state index is 14.1. The Balaban J connectivity index is 2.26. The van der Waals surface area contributed by atoms with Crippen molar-refractivity contribution in [2.24, 2.45) is 23.7 Å². The second-order valence-corrected chi connectivity index (χ2v) is 14.9. The van der Waals surface area contributed by atoms with Crippen LogP contribution in [0.3, 0.4) is 0 Å². The number of hydrogen-bond acceptors (Lipinski definition) is 8. The van der Waals surface area contributed by atoms with Gasteiger partial charge in [0.1, 0.15) is 12.1 Å². The minimum Gasteiger partial charge on any atom is -0.480 e. The summed E-state index contributed by atoms with van der Waals surface area (Å²) in [5, 5.41) is 18.5. The highest BCUT2D eigenvalue weighted by molar-refractivity contribution is 5.90. The highest BCUT2D eigenvalue weighted by atomic mass is 16.5. The van der Waals surface area contributed by atoms with Gasteiger partial charge in [-0.1, -0.05) is 85.2 Å². The number of benzene rings is 1. The second-order valence-electron chi connectivity index (χ2n) is 14.9. The molecule has 0 aromatic heterocycles. The molecule has 13 nitrogen and oxygen atoms in total. The van der Waals surface area contributed by atoms with Crippen molar-refractivity contribution in [3.8, 4) is 0 Å². The lowest BCUT2D eigenvalue weighted by Crippen LogP contribution is -2.59. The van der Waals surface area contributed by atoms with E-state index in [4.69, 9.17) is 9.47 Å². The van der Waals surface area contributed by atoms with E-state index in [2.05, 4.69) is 16.0 Å². The van der Waals surface area contributed by atoms with E-state index in [1.165, 1.54) is 14.2 Å². The monoisotopic (exact) mass is 731 g/mol. The van der Waals surface area contributed by atoms with Crippen molar-refractivity contribution in [3.63, 3.8) is 0 Å². The molecule has 9 atom stereocenters. The fourth-order valence-electron chi connectivity index (χ4n) is 7.40. The summed E-state index contributed by atoms with van der Waals surface area (Å²) in [6, 6.07) is 5.84. The molecule has 1 aromatic carbocycles. The number of nitrogens with zero attached hydrogens (tertiary/aromatic N) is 2. The first-order valence-electron chi connectivity index (χ1n) is 18.7. The van der Waals surface area contributed by atoms with Gasteiger partial charge in [-0.3, -0.25) is 19.2 Å². The Labute approximate surface area is 310 Å². The first-order valence-corrected chi connectivity index (χ1v) is 18.7. The SMILES string of the molecule is CCC(C)C(C(CC(=O)N1CCC[C@H]1C(OC)C(C)C(=O)NC(Cc1ccccc1)C(=O)O)OC)N(C)C(=O)C(NC(=O)C(NC)C(C)C)C(C)C. The molecule has 1 aromatic rings. The van der Waals surface area contributed by atoms with E-state index >= 15 is 0 Å². The number of carboxylic acids is 1. The number of amides is 4. The first-order chi connectivity index (χ1) is 24.5. The molecule has 0 spiro atoms. The zero-order chi connectivity index (χ0) is 39.3. The minimum absolute atomic E-state index is 0.0112. The van der Waals surface area contributed by atoms with Crippen LogP contribution in [-0.4, -0.2) is 122 Å². The Hall–Kier alpha value is -3.55. The Morgan fingerprint density at radius 1 is 0.923 bits per heavy atom. The molecule has 4 N–H and O–H groups in total. The lowest BCUT2D eigenvalue weighted by atomic mass is 9.89. The molecule has 294 valence electrons. The van der Waals surface area contributed by atoms with Crippen molar-refractivity contribution in [3.05, 3.63) is 35.9 Å². The summed E-state index contributed by atoms with van der Waals surface area (Å²) in [6.07, 6.45) is 0.818. The van der Waals surface area contributed by atoms with E-state index in [1.54, 1.807) is 30.8 Å². The standard InChI is InChI=1S/C39H65N5O8/c1-12-25(6)34(43(9)38(48)33(24(4)5)42-37(47)32(40-8)23(2)3)30(51-10)22-31(45)44-20-16-19-29(44)35(52-11)26(7)36(46)41-28(39(49)50)21-27-17-14-13-15-18-27/h13-15,17-18,23-26,28-30,32-35,40H,12,16,19-22H2,1-11H3,(H,41,46)(H,42,47)(H,49,50)/t25?,26?,28?,29-,30?,32?,33?,34?,35?/m0/s1. The number of carbonyl (C=O) groups is 5. The van der Waals surface area contributed by atoms with Crippen molar-refractivity contribution in [1.29, 1.82) is 0 Å². The Morgan fingerprint density at radius 2 is 1.54 bits per heavy atom. The van der Waals surface area contributed by atoms with Crippen LogP contribution < -0.4 is 16.0 Å². The number of ether oxygens (including phenoxy) is 2. The summed E-state index contributed by atoms with van der Waals surface area (Å²) in [5.74, 6) is -3.27. The smallest absolute Gasteiger partial charge is 0.326 e. The molecule has 52 heavy (non-hydrogen) atoms. The van der Waals surface area contributed by atoms with Gasteiger partial charge in [0.15, 0.2) is 0 Å². The highest BCUT2D eigenvalue weighted by Gasteiger charge is 2.43. The molecule has 1 aliphatic rings. The van der Waals surface area contributed by atoms with Crippen LogP contribution in [-0.2, 0) is 39.9 Å². The summed E-state index contributed by atoms with van der Waals surface area (Å²) < 4.78 is 11.8. The lowest BCUT2D eigenvalue weighted by molar-refractivity contribution is -0.148. The topological polar surface area (TPSA) is 167 Å². The van der Waals surface area contributed by atoms with Crippen LogP contribution in [0.1, 0.15) is 79.7 Å². The van der Waals surface area contributed by atoms with Crippen molar-refractivity contribution in [2.75, 3.05) is 34.9 Å². The van der Waals surface area contributed by atoms with E-state index in [9.17, 15) is 29.1 Å². The number of carbonyl (C=O) groups excluding carboxylic acids is 4. The molecule has 8 unspecified atom stereocenters. The number of likely N-dealkylation sites (tertiary alicyclic amines) is 1. The molecule has 1 fully saturated rings. The first kappa shape index (κ1) is 44.6. The third-order valence-corrected chi connectivity index (χ3v) is 10.6. The van der Waals surface area contributed by atoms with E-state index in [0.29, 0.717) is 19.4 Å². The zero-order valence-electron chi connectivity index (χ0n) is 33.2. The fourth-order valence-corrected chi connectivity index (χ4v) is 7.40. The van der Waals surface area contributed by atoms with Crippen molar-refractivity contribution in [2.45, 2.75) is 123 Å². The van der Waals surface area contributed by atoms with Gasteiger partial charge < -0.3 is 40.3 Å². The molecule has 13 heteroatoms. The van der Waals surface area contributed by atoms with E-state index in [-0.39, 0.29) is 48.3 Å². The molecule has 1 heterocycles. The summed E-state index contributed by atoms with van der Waals surface area (Å²) in [4.78, 5) is 70.3. The highest BCUT2D eigenvalue weighted by Crippen LogP contribution is 2.29. The van der Waals surface area contributed by atoms with Gasteiger partial charge in [-0.25, -0.2) is 4.79 Å². The van der Waals surface area contributed by atoms with E-state index in [1.807, 2.05) is 71.9 Å². The third-order valence-electron chi connectivity index (χ3n) is 10.6. The number of aliphatic carboxylic acids is 1. The Kier molecular flexibility index (Phi) is 18.2. The predicted octanol–water partition coefficient (Wildman–Crippen LogP) is 3.10. The largest absolute Gasteiger partial charge is 0.480 e. The van der Waals surface area contributed by atoms with Gasteiger partial charge in [0.2, 0.25) is 23.6 Å². The van der Waals surface area contributed by atoms with Gasteiger partial charge in [0.25, 0.3) is 0 Å². The molecular formula is C39H65N5O8. The van der Waals surface area contributed by atoms with Gasteiger partial charge >= 0.3 is 5.97 Å². The predicted molar refractivity (Wildman–Crippen MR) is 200 cm³/mol. The van der Waals surface area contributed by atoms with Gasteiger partial charge in [-0.15, -0.1) is 0 Å². The number of hydrogen-bond donors (Lipinski definition) is 4. The minimum atomic E-state index is -1.14. The number of nitrogens with one attached hydrogen (secondary N) is 3. The van der Waals surface area contributed by atoms with Crippen LogP contribution in [0, 0.1) is 23.7 Å². The van der Waals surface area contributed by atoms with Gasteiger partial charge in [0.05, 0.1) is 42.7 Å².